The van der Waals surface area contributed by atoms with Crippen LogP contribution in [0.5, 0.6) is 0 Å². The largest absolute Gasteiger partial charge is 0.374 e. The van der Waals surface area contributed by atoms with Gasteiger partial charge in [-0.3, -0.25) is 9.59 Å². The average molecular weight is 301 g/mol. The van der Waals surface area contributed by atoms with Crippen LogP contribution in [-0.4, -0.2) is 17.9 Å². The molecule has 0 aromatic heterocycles. The molecule has 2 aromatic rings. The van der Waals surface area contributed by atoms with Crippen molar-refractivity contribution in [3.63, 3.8) is 0 Å². The van der Waals surface area contributed by atoms with Crippen LogP contribution in [-0.2, 0) is 4.79 Å². The summed E-state index contributed by atoms with van der Waals surface area (Å²) in [6, 6.07) is 11.6. The molecular weight excluding hydrogens is 285 g/mol. The van der Waals surface area contributed by atoms with E-state index in [0.29, 0.717) is 16.9 Å². The van der Waals surface area contributed by atoms with Crippen molar-refractivity contribution in [2.24, 2.45) is 5.73 Å². The first-order valence-electron chi connectivity index (χ1n) is 6.68. The molecule has 114 valence electrons. The zero-order chi connectivity index (χ0) is 16.1. The van der Waals surface area contributed by atoms with E-state index in [1.807, 2.05) is 0 Å². The molecule has 2 rings (SSSR count). The SMILES string of the molecule is CC(Nc1cccc(C(N)=O)c1)C(=O)Nc1cccc(F)c1. The highest BCUT2D eigenvalue weighted by atomic mass is 19.1. The van der Waals surface area contributed by atoms with E-state index in [1.54, 1.807) is 37.3 Å². The van der Waals surface area contributed by atoms with E-state index in [2.05, 4.69) is 10.6 Å². The molecule has 2 amide bonds. The molecule has 0 fully saturated rings. The summed E-state index contributed by atoms with van der Waals surface area (Å²) in [7, 11) is 0. The fourth-order valence-electron chi connectivity index (χ4n) is 1.89. The number of carbonyl (C=O) groups excluding carboxylic acids is 2. The first kappa shape index (κ1) is 15.5. The van der Waals surface area contributed by atoms with Crippen molar-refractivity contribution in [1.29, 1.82) is 0 Å². The van der Waals surface area contributed by atoms with Crippen molar-refractivity contribution in [3.8, 4) is 0 Å². The smallest absolute Gasteiger partial charge is 0.248 e. The van der Waals surface area contributed by atoms with Gasteiger partial charge in [0.1, 0.15) is 11.9 Å². The topological polar surface area (TPSA) is 84.2 Å². The minimum absolute atomic E-state index is 0.324. The Morgan fingerprint density at radius 1 is 1.09 bits per heavy atom. The third kappa shape index (κ3) is 4.05. The Balaban J connectivity index is 2.02. The van der Waals surface area contributed by atoms with Crippen LogP contribution in [0.3, 0.4) is 0 Å². The molecule has 1 unspecified atom stereocenters. The van der Waals surface area contributed by atoms with Crippen molar-refractivity contribution in [3.05, 3.63) is 59.9 Å². The molecule has 0 radical (unpaired) electrons. The summed E-state index contributed by atoms with van der Waals surface area (Å²) in [5.74, 6) is -1.29. The molecule has 0 bridgehead atoms. The highest BCUT2D eigenvalue weighted by Gasteiger charge is 2.13. The van der Waals surface area contributed by atoms with Gasteiger partial charge >= 0.3 is 0 Å². The average Bonchev–Trinajstić information content (AvgIpc) is 2.47. The van der Waals surface area contributed by atoms with Gasteiger partial charge in [0.25, 0.3) is 0 Å². The maximum Gasteiger partial charge on any atom is 0.248 e. The second-order valence-electron chi connectivity index (χ2n) is 4.81. The highest BCUT2D eigenvalue weighted by molar-refractivity contribution is 5.97. The lowest BCUT2D eigenvalue weighted by atomic mass is 10.1. The lowest BCUT2D eigenvalue weighted by Crippen LogP contribution is -2.32. The predicted molar refractivity (Wildman–Crippen MR) is 83.1 cm³/mol. The number of primary amides is 1. The number of hydrogen-bond donors (Lipinski definition) is 3. The number of halogens is 1. The molecular formula is C16H16FN3O2. The highest BCUT2D eigenvalue weighted by Crippen LogP contribution is 2.13. The Kier molecular flexibility index (Phi) is 4.73. The second kappa shape index (κ2) is 6.71. The van der Waals surface area contributed by atoms with Crippen LogP contribution >= 0.6 is 0 Å². The Hall–Kier alpha value is -2.89. The van der Waals surface area contributed by atoms with Gasteiger partial charge in [-0.2, -0.15) is 0 Å². The van der Waals surface area contributed by atoms with E-state index in [0.717, 1.165) is 0 Å². The number of anilines is 2. The zero-order valence-electron chi connectivity index (χ0n) is 12.0. The zero-order valence-corrected chi connectivity index (χ0v) is 12.0. The van der Waals surface area contributed by atoms with Gasteiger partial charge in [0.05, 0.1) is 0 Å². The Labute approximate surface area is 127 Å². The fraction of sp³-hybridized carbons (Fsp3) is 0.125. The maximum absolute atomic E-state index is 13.1. The molecule has 0 aliphatic rings. The second-order valence-corrected chi connectivity index (χ2v) is 4.81. The Morgan fingerprint density at radius 2 is 1.77 bits per heavy atom. The van der Waals surface area contributed by atoms with Crippen molar-refractivity contribution >= 4 is 23.2 Å². The molecule has 4 N–H and O–H groups in total. The number of benzene rings is 2. The molecule has 0 saturated heterocycles. The molecule has 22 heavy (non-hydrogen) atoms. The van der Waals surface area contributed by atoms with Crippen molar-refractivity contribution in [2.75, 3.05) is 10.6 Å². The van der Waals surface area contributed by atoms with E-state index in [9.17, 15) is 14.0 Å². The summed E-state index contributed by atoms with van der Waals surface area (Å²) in [5, 5.41) is 5.57. The van der Waals surface area contributed by atoms with E-state index >= 15 is 0 Å². The maximum atomic E-state index is 13.1. The molecule has 5 nitrogen and oxygen atoms in total. The minimum Gasteiger partial charge on any atom is -0.374 e. The quantitative estimate of drug-likeness (QED) is 0.792. The molecule has 0 saturated carbocycles. The van der Waals surface area contributed by atoms with Crippen molar-refractivity contribution in [2.45, 2.75) is 13.0 Å². The lowest BCUT2D eigenvalue weighted by Gasteiger charge is -2.15. The van der Waals surface area contributed by atoms with E-state index in [-0.39, 0.29) is 5.91 Å². The van der Waals surface area contributed by atoms with Gasteiger partial charge in [-0.25, -0.2) is 4.39 Å². The van der Waals surface area contributed by atoms with Crippen LogP contribution in [0.2, 0.25) is 0 Å². The number of nitrogens with one attached hydrogen (secondary N) is 2. The van der Waals surface area contributed by atoms with Crippen molar-refractivity contribution < 1.29 is 14.0 Å². The minimum atomic E-state index is -0.577. The Morgan fingerprint density at radius 3 is 2.45 bits per heavy atom. The van der Waals surface area contributed by atoms with Gasteiger partial charge in [-0.15, -0.1) is 0 Å². The summed E-state index contributed by atoms with van der Waals surface area (Å²) >= 11 is 0. The lowest BCUT2D eigenvalue weighted by molar-refractivity contribution is -0.116. The van der Waals surface area contributed by atoms with Crippen molar-refractivity contribution in [1.82, 2.24) is 0 Å². The van der Waals surface area contributed by atoms with Gasteiger partial charge in [0.2, 0.25) is 11.8 Å². The number of amides is 2. The summed E-state index contributed by atoms with van der Waals surface area (Å²) in [5.41, 5.74) is 6.53. The number of rotatable bonds is 5. The number of carbonyl (C=O) groups is 2. The van der Waals surface area contributed by atoms with Crippen LogP contribution in [0.25, 0.3) is 0 Å². The first-order chi connectivity index (χ1) is 10.5. The summed E-state index contributed by atoms with van der Waals surface area (Å²) < 4.78 is 13.1. The monoisotopic (exact) mass is 301 g/mol. The van der Waals surface area contributed by atoms with Gasteiger partial charge < -0.3 is 16.4 Å². The number of hydrogen-bond acceptors (Lipinski definition) is 3. The standard InChI is InChI=1S/C16H16FN3O2/c1-10(16(22)20-14-7-3-5-12(17)9-14)19-13-6-2-4-11(8-13)15(18)21/h2-10,19H,1H3,(H2,18,21)(H,20,22). The molecule has 0 heterocycles. The molecule has 0 aliphatic carbocycles. The van der Waals surface area contributed by atoms with Crippen LogP contribution < -0.4 is 16.4 Å². The van der Waals surface area contributed by atoms with Crippen LogP contribution in [0, 0.1) is 5.82 Å². The molecule has 0 aliphatic heterocycles. The fourth-order valence-corrected chi connectivity index (χ4v) is 1.89. The van der Waals surface area contributed by atoms with Gasteiger partial charge in [-0.05, 0) is 43.3 Å². The molecule has 1 atom stereocenters. The third-order valence-electron chi connectivity index (χ3n) is 3.02. The van der Waals surface area contributed by atoms with Gasteiger partial charge in [0, 0.05) is 16.9 Å². The van der Waals surface area contributed by atoms with Crippen LogP contribution in [0.4, 0.5) is 15.8 Å². The van der Waals surface area contributed by atoms with E-state index in [4.69, 9.17) is 5.73 Å². The summed E-state index contributed by atoms with van der Waals surface area (Å²) in [4.78, 5) is 23.2. The van der Waals surface area contributed by atoms with Gasteiger partial charge in [0.15, 0.2) is 0 Å². The van der Waals surface area contributed by atoms with Crippen LogP contribution in [0.15, 0.2) is 48.5 Å². The normalized spacial score (nSPS) is 11.5. The summed E-state index contributed by atoms with van der Waals surface area (Å²) in [6.07, 6.45) is 0. The van der Waals surface area contributed by atoms with E-state index < -0.39 is 17.8 Å². The third-order valence-corrected chi connectivity index (χ3v) is 3.02. The number of nitrogens with two attached hydrogens (primary N) is 1. The van der Waals surface area contributed by atoms with Gasteiger partial charge in [-0.1, -0.05) is 12.1 Å². The van der Waals surface area contributed by atoms with E-state index in [1.165, 1.54) is 18.2 Å². The van der Waals surface area contributed by atoms with Crippen LogP contribution in [0.1, 0.15) is 17.3 Å². The first-order valence-corrected chi connectivity index (χ1v) is 6.68. The molecule has 0 spiro atoms. The molecule has 6 heteroatoms. The predicted octanol–water partition coefficient (Wildman–Crippen LogP) is 2.36. The summed E-state index contributed by atoms with van der Waals surface area (Å²) in [6.45, 7) is 1.66. The Bertz CT molecular complexity index is 703. The molecule has 2 aromatic carbocycles.